The van der Waals surface area contributed by atoms with E-state index in [2.05, 4.69) is 10.3 Å². The highest BCUT2D eigenvalue weighted by Gasteiger charge is 2.58. The zero-order chi connectivity index (χ0) is 15.1. The Morgan fingerprint density at radius 3 is 2.67 bits per heavy atom. The molecule has 0 radical (unpaired) electrons. The Hall–Kier alpha value is -1.14. The minimum absolute atomic E-state index is 0.118. The third-order valence-electron chi connectivity index (χ3n) is 4.89. The second kappa shape index (κ2) is 5.25. The summed E-state index contributed by atoms with van der Waals surface area (Å²) in [5.74, 6) is 0. The van der Waals surface area contributed by atoms with E-state index in [9.17, 15) is 8.42 Å². The number of pyridine rings is 1. The molecule has 2 atom stereocenters. The largest absolute Gasteiger partial charge is 0.380 e. The summed E-state index contributed by atoms with van der Waals surface area (Å²) in [6.45, 7) is 2.81. The average Bonchev–Trinajstić information content (AvgIpc) is 2.35. The Bertz CT molecular complexity index is 608. The molecule has 0 bridgehead atoms. The van der Waals surface area contributed by atoms with E-state index in [0.717, 1.165) is 18.7 Å². The van der Waals surface area contributed by atoms with E-state index in [4.69, 9.17) is 4.74 Å². The van der Waals surface area contributed by atoms with Gasteiger partial charge in [-0.2, -0.15) is 0 Å². The quantitative estimate of drug-likeness (QED) is 0.903. The van der Waals surface area contributed by atoms with Crippen molar-refractivity contribution in [3.8, 4) is 0 Å². The topological polar surface area (TPSA) is 68.3 Å². The molecule has 21 heavy (non-hydrogen) atoms. The molecule has 1 heterocycles. The molecule has 2 aliphatic rings. The van der Waals surface area contributed by atoms with E-state index in [-0.39, 0.29) is 10.4 Å². The molecule has 1 aromatic rings. The molecule has 2 unspecified atom stereocenters. The van der Waals surface area contributed by atoms with Gasteiger partial charge in [0.2, 0.25) is 0 Å². The van der Waals surface area contributed by atoms with Crippen LogP contribution in [0.4, 0.5) is 5.69 Å². The molecule has 5 nitrogen and oxygen atoms in total. The lowest BCUT2D eigenvalue weighted by Crippen LogP contribution is -2.64. The summed E-state index contributed by atoms with van der Waals surface area (Å²) in [4.78, 5) is 4.03. The molecule has 1 aromatic heterocycles. The fraction of sp³-hybridized carbons (Fsp3) is 0.667. The van der Waals surface area contributed by atoms with E-state index < -0.39 is 9.84 Å². The van der Waals surface area contributed by atoms with Gasteiger partial charge in [-0.15, -0.1) is 0 Å². The van der Waals surface area contributed by atoms with Crippen molar-refractivity contribution in [2.24, 2.45) is 5.41 Å². The van der Waals surface area contributed by atoms with Crippen LogP contribution in [0.5, 0.6) is 0 Å². The van der Waals surface area contributed by atoms with Crippen LogP contribution >= 0.6 is 0 Å². The fourth-order valence-electron chi connectivity index (χ4n) is 3.53. The van der Waals surface area contributed by atoms with Crippen LogP contribution in [0.1, 0.15) is 32.6 Å². The number of hydrogen-bond donors (Lipinski definition) is 1. The maximum absolute atomic E-state index is 11.4. The van der Waals surface area contributed by atoms with Gasteiger partial charge in [0.15, 0.2) is 14.9 Å². The van der Waals surface area contributed by atoms with Gasteiger partial charge in [-0.3, -0.25) is 0 Å². The summed E-state index contributed by atoms with van der Waals surface area (Å²) in [6, 6.07) is 3.77. The van der Waals surface area contributed by atoms with Gasteiger partial charge in [0, 0.05) is 24.3 Å². The highest BCUT2D eigenvalue weighted by atomic mass is 32.2. The second-order valence-electron chi connectivity index (χ2n) is 6.12. The van der Waals surface area contributed by atoms with Crippen molar-refractivity contribution in [1.82, 2.24) is 4.98 Å². The highest BCUT2D eigenvalue weighted by Crippen LogP contribution is 2.58. The van der Waals surface area contributed by atoms with Crippen molar-refractivity contribution in [2.75, 3.05) is 18.2 Å². The zero-order valence-electron chi connectivity index (χ0n) is 12.5. The maximum atomic E-state index is 11.4. The van der Waals surface area contributed by atoms with Crippen molar-refractivity contribution in [2.45, 2.75) is 49.8 Å². The zero-order valence-corrected chi connectivity index (χ0v) is 13.3. The molecule has 6 heteroatoms. The SMILES string of the molecule is CCOC1CC(Nc2ccc(S(C)(=O)=O)nc2)C12CCC2. The van der Waals surface area contributed by atoms with Gasteiger partial charge in [0.25, 0.3) is 0 Å². The van der Waals surface area contributed by atoms with Crippen LogP contribution in [0.15, 0.2) is 23.4 Å². The number of nitrogens with one attached hydrogen (secondary N) is 1. The van der Waals surface area contributed by atoms with Gasteiger partial charge >= 0.3 is 0 Å². The van der Waals surface area contributed by atoms with E-state index in [1.807, 2.05) is 6.92 Å². The maximum Gasteiger partial charge on any atom is 0.192 e. The Morgan fingerprint density at radius 1 is 1.43 bits per heavy atom. The Kier molecular flexibility index (Phi) is 3.69. The fourth-order valence-corrected chi connectivity index (χ4v) is 4.09. The normalized spacial score (nSPS) is 27.0. The molecule has 2 fully saturated rings. The summed E-state index contributed by atoms with van der Waals surface area (Å²) in [7, 11) is -3.23. The third-order valence-corrected chi connectivity index (χ3v) is 5.90. The lowest BCUT2D eigenvalue weighted by atomic mass is 9.51. The van der Waals surface area contributed by atoms with Gasteiger partial charge in [0.05, 0.1) is 18.0 Å². The number of nitrogens with zero attached hydrogens (tertiary/aromatic N) is 1. The molecule has 1 spiro atoms. The average molecular weight is 310 g/mol. The van der Waals surface area contributed by atoms with Crippen molar-refractivity contribution in [3.05, 3.63) is 18.3 Å². The molecule has 0 aromatic carbocycles. The number of rotatable bonds is 5. The summed E-state index contributed by atoms with van der Waals surface area (Å²) in [5, 5.41) is 3.62. The van der Waals surface area contributed by atoms with Gasteiger partial charge in [-0.05, 0) is 38.3 Å². The van der Waals surface area contributed by atoms with Gasteiger partial charge in [-0.1, -0.05) is 6.42 Å². The third kappa shape index (κ3) is 2.55. The van der Waals surface area contributed by atoms with E-state index in [0.29, 0.717) is 12.1 Å². The van der Waals surface area contributed by atoms with Crippen molar-refractivity contribution in [3.63, 3.8) is 0 Å². The van der Waals surface area contributed by atoms with Crippen LogP contribution < -0.4 is 5.32 Å². The van der Waals surface area contributed by atoms with Gasteiger partial charge in [0.1, 0.15) is 0 Å². The van der Waals surface area contributed by atoms with Gasteiger partial charge < -0.3 is 10.1 Å². The lowest BCUT2D eigenvalue weighted by Gasteiger charge is -2.61. The standard InChI is InChI=1S/C15H22N2O3S/c1-3-20-13-9-12(15(13)7-4-8-15)17-11-5-6-14(16-10-11)21(2,18)19/h5-6,10,12-13,17H,3-4,7-9H2,1-2H3. The van der Waals surface area contributed by atoms with Crippen LogP contribution in [0.25, 0.3) is 0 Å². The minimum Gasteiger partial charge on any atom is -0.380 e. The molecule has 1 N–H and O–H groups in total. The first-order valence-corrected chi connectivity index (χ1v) is 9.39. The lowest BCUT2D eigenvalue weighted by molar-refractivity contribution is -0.157. The minimum atomic E-state index is -3.23. The molecule has 2 aliphatic carbocycles. The van der Waals surface area contributed by atoms with Crippen molar-refractivity contribution in [1.29, 1.82) is 0 Å². The first kappa shape index (κ1) is 14.8. The van der Waals surface area contributed by atoms with Crippen molar-refractivity contribution >= 4 is 15.5 Å². The molecule has 0 amide bonds. The smallest absolute Gasteiger partial charge is 0.192 e. The summed E-state index contributed by atoms with van der Waals surface area (Å²) in [5.41, 5.74) is 1.17. The van der Waals surface area contributed by atoms with Crippen LogP contribution in [0.3, 0.4) is 0 Å². The first-order chi connectivity index (χ1) is 9.95. The molecule has 3 rings (SSSR count). The number of hydrogen-bond acceptors (Lipinski definition) is 5. The number of aromatic nitrogens is 1. The molecular formula is C15H22N2O3S. The monoisotopic (exact) mass is 310 g/mol. The summed E-state index contributed by atoms with van der Waals surface area (Å²) in [6.07, 6.45) is 7.86. The number of ether oxygens (including phenoxy) is 1. The number of sulfone groups is 1. The highest BCUT2D eigenvalue weighted by molar-refractivity contribution is 7.90. The van der Waals surface area contributed by atoms with Crippen LogP contribution in [-0.2, 0) is 14.6 Å². The van der Waals surface area contributed by atoms with Crippen LogP contribution in [0, 0.1) is 5.41 Å². The first-order valence-electron chi connectivity index (χ1n) is 7.50. The van der Waals surface area contributed by atoms with E-state index in [1.165, 1.54) is 25.5 Å². The Balaban J connectivity index is 1.68. The van der Waals surface area contributed by atoms with Crippen LogP contribution in [0.2, 0.25) is 0 Å². The van der Waals surface area contributed by atoms with Crippen LogP contribution in [-0.4, -0.2) is 38.4 Å². The Labute approximate surface area is 126 Å². The molecule has 0 saturated heterocycles. The van der Waals surface area contributed by atoms with E-state index >= 15 is 0 Å². The molecule has 2 saturated carbocycles. The summed E-state index contributed by atoms with van der Waals surface area (Å²) < 4.78 is 28.6. The summed E-state index contributed by atoms with van der Waals surface area (Å²) >= 11 is 0. The van der Waals surface area contributed by atoms with Gasteiger partial charge in [-0.25, -0.2) is 13.4 Å². The predicted molar refractivity (Wildman–Crippen MR) is 81.1 cm³/mol. The Morgan fingerprint density at radius 2 is 2.19 bits per heavy atom. The predicted octanol–water partition coefficient (Wildman–Crippen LogP) is 2.24. The number of anilines is 1. The molecule has 0 aliphatic heterocycles. The van der Waals surface area contributed by atoms with E-state index in [1.54, 1.807) is 18.3 Å². The second-order valence-corrected chi connectivity index (χ2v) is 8.08. The van der Waals surface area contributed by atoms with Crippen molar-refractivity contribution < 1.29 is 13.2 Å². The molecule has 116 valence electrons. The molecular weight excluding hydrogens is 288 g/mol.